The zero-order valence-corrected chi connectivity index (χ0v) is 11.4. The van der Waals surface area contributed by atoms with Gasteiger partial charge in [-0.25, -0.2) is 0 Å². The van der Waals surface area contributed by atoms with Crippen molar-refractivity contribution in [3.05, 3.63) is 0 Å². The standard InChI is InChI=1S/C16H30O/c17-16(13-15-9-5-2-6-10-15)12-11-14-7-3-1-4-8-14/h14-17H,1-13H2. The Morgan fingerprint density at radius 1 is 0.765 bits per heavy atom. The van der Waals surface area contributed by atoms with Crippen LogP contribution in [0.2, 0.25) is 0 Å². The molecule has 0 radical (unpaired) electrons. The molecule has 0 aromatic rings. The highest BCUT2D eigenvalue weighted by Gasteiger charge is 2.19. The van der Waals surface area contributed by atoms with Crippen molar-refractivity contribution in [2.45, 2.75) is 89.6 Å². The van der Waals surface area contributed by atoms with Gasteiger partial charge in [-0.3, -0.25) is 0 Å². The molecule has 2 fully saturated rings. The highest BCUT2D eigenvalue weighted by atomic mass is 16.3. The van der Waals surface area contributed by atoms with Gasteiger partial charge in [0.2, 0.25) is 0 Å². The molecule has 0 heterocycles. The molecule has 1 N–H and O–H groups in total. The lowest BCUT2D eigenvalue weighted by molar-refractivity contribution is 0.111. The van der Waals surface area contributed by atoms with Gasteiger partial charge in [0, 0.05) is 0 Å². The zero-order chi connectivity index (χ0) is 11.9. The minimum atomic E-state index is 0.0000246. The summed E-state index contributed by atoms with van der Waals surface area (Å²) in [5.41, 5.74) is 0. The van der Waals surface area contributed by atoms with E-state index in [0.717, 1.165) is 24.7 Å². The molecule has 0 amide bonds. The summed E-state index contributed by atoms with van der Waals surface area (Å²) in [5, 5.41) is 10.1. The van der Waals surface area contributed by atoms with Gasteiger partial charge < -0.3 is 5.11 Å². The number of aliphatic hydroxyl groups excluding tert-OH is 1. The smallest absolute Gasteiger partial charge is 0.0543 e. The molecule has 0 aromatic carbocycles. The fraction of sp³-hybridized carbons (Fsp3) is 1.00. The van der Waals surface area contributed by atoms with Crippen molar-refractivity contribution in [1.82, 2.24) is 0 Å². The Morgan fingerprint density at radius 2 is 1.29 bits per heavy atom. The molecule has 2 saturated carbocycles. The summed E-state index contributed by atoms with van der Waals surface area (Å²) >= 11 is 0. The molecule has 0 bridgehead atoms. The molecule has 2 rings (SSSR count). The van der Waals surface area contributed by atoms with Crippen LogP contribution in [-0.4, -0.2) is 11.2 Å². The highest BCUT2D eigenvalue weighted by molar-refractivity contribution is 4.72. The van der Waals surface area contributed by atoms with Crippen molar-refractivity contribution in [2.24, 2.45) is 11.8 Å². The molecule has 1 nitrogen and oxygen atoms in total. The minimum Gasteiger partial charge on any atom is -0.393 e. The van der Waals surface area contributed by atoms with Crippen LogP contribution in [-0.2, 0) is 0 Å². The van der Waals surface area contributed by atoms with Crippen molar-refractivity contribution in [3.63, 3.8) is 0 Å². The third-order valence-electron chi connectivity index (χ3n) is 4.96. The van der Waals surface area contributed by atoms with Gasteiger partial charge in [0.05, 0.1) is 6.10 Å². The van der Waals surface area contributed by atoms with Gasteiger partial charge in [-0.15, -0.1) is 0 Å². The van der Waals surface area contributed by atoms with Gasteiger partial charge >= 0.3 is 0 Å². The summed E-state index contributed by atoms with van der Waals surface area (Å²) in [4.78, 5) is 0. The number of hydrogen-bond donors (Lipinski definition) is 1. The summed E-state index contributed by atoms with van der Waals surface area (Å²) in [5.74, 6) is 1.77. The Morgan fingerprint density at radius 3 is 1.88 bits per heavy atom. The summed E-state index contributed by atoms with van der Waals surface area (Å²) in [6, 6.07) is 0. The first-order valence-electron chi connectivity index (χ1n) is 8.02. The van der Waals surface area contributed by atoms with Crippen molar-refractivity contribution >= 4 is 0 Å². The van der Waals surface area contributed by atoms with Crippen LogP contribution < -0.4 is 0 Å². The quantitative estimate of drug-likeness (QED) is 0.737. The van der Waals surface area contributed by atoms with Crippen molar-refractivity contribution in [2.75, 3.05) is 0 Å². The van der Waals surface area contributed by atoms with Gasteiger partial charge in [0.25, 0.3) is 0 Å². The molecular formula is C16H30O. The molecule has 0 saturated heterocycles. The lowest BCUT2D eigenvalue weighted by atomic mass is 9.82. The van der Waals surface area contributed by atoms with E-state index in [-0.39, 0.29) is 6.10 Å². The first-order valence-corrected chi connectivity index (χ1v) is 8.02. The van der Waals surface area contributed by atoms with Crippen LogP contribution >= 0.6 is 0 Å². The summed E-state index contributed by atoms with van der Waals surface area (Å²) in [6.07, 6.45) is 17.6. The molecular weight excluding hydrogens is 208 g/mol. The first-order chi connectivity index (χ1) is 8.34. The van der Waals surface area contributed by atoms with E-state index in [1.807, 2.05) is 0 Å². The Balaban J connectivity index is 1.57. The van der Waals surface area contributed by atoms with Gasteiger partial charge in [0.1, 0.15) is 0 Å². The van der Waals surface area contributed by atoms with E-state index < -0.39 is 0 Å². The second kappa shape index (κ2) is 7.41. The van der Waals surface area contributed by atoms with E-state index in [0.29, 0.717) is 0 Å². The van der Waals surface area contributed by atoms with E-state index in [4.69, 9.17) is 0 Å². The van der Waals surface area contributed by atoms with Crippen LogP contribution in [0.25, 0.3) is 0 Å². The number of hydrogen-bond acceptors (Lipinski definition) is 1. The largest absolute Gasteiger partial charge is 0.393 e. The van der Waals surface area contributed by atoms with Gasteiger partial charge in [-0.2, -0.15) is 0 Å². The molecule has 1 heteroatoms. The second-order valence-electron chi connectivity index (χ2n) is 6.47. The van der Waals surface area contributed by atoms with E-state index in [2.05, 4.69) is 0 Å². The summed E-state index contributed by atoms with van der Waals surface area (Å²) in [6.45, 7) is 0. The van der Waals surface area contributed by atoms with Gasteiger partial charge in [0.15, 0.2) is 0 Å². The fourth-order valence-electron chi connectivity index (χ4n) is 3.83. The fourth-order valence-corrected chi connectivity index (χ4v) is 3.83. The summed E-state index contributed by atoms with van der Waals surface area (Å²) < 4.78 is 0. The molecule has 2 aliphatic rings. The van der Waals surface area contributed by atoms with Crippen LogP contribution in [0.15, 0.2) is 0 Å². The van der Waals surface area contributed by atoms with Crippen LogP contribution in [0.4, 0.5) is 0 Å². The minimum absolute atomic E-state index is 0.0000246. The summed E-state index contributed by atoms with van der Waals surface area (Å²) in [7, 11) is 0. The van der Waals surface area contributed by atoms with E-state index >= 15 is 0 Å². The maximum Gasteiger partial charge on any atom is 0.0543 e. The van der Waals surface area contributed by atoms with E-state index in [9.17, 15) is 5.11 Å². The van der Waals surface area contributed by atoms with Crippen LogP contribution in [0.3, 0.4) is 0 Å². The lowest BCUT2D eigenvalue weighted by Gasteiger charge is -2.26. The third kappa shape index (κ3) is 4.99. The molecule has 100 valence electrons. The van der Waals surface area contributed by atoms with Crippen LogP contribution in [0.1, 0.15) is 83.5 Å². The monoisotopic (exact) mass is 238 g/mol. The van der Waals surface area contributed by atoms with E-state index in [1.165, 1.54) is 70.6 Å². The number of aliphatic hydroxyl groups is 1. The molecule has 0 aliphatic heterocycles. The molecule has 1 atom stereocenters. The molecule has 0 aromatic heterocycles. The predicted octanol–water partition coefficient (Wildman–Crippen LogP) is 4.68. The van der Waals surface area contributed by atoms with E-state index in [1.54, 1.807) is 0 Å². The van der Waals surface area contributed by atoms with Crippen LogP contribution in [0, 0.1) is 11.8 Å². The second-order valence-corrected chi connectivity index (χ2v) is 6.47. The number of rotatable bonds is 5. The normalized spacial score (nSPS) is 25.9. The third-order valence-corrected chi connectivity index (χ3v) is 4.96. The van der Waals surface area contributed by atoms with Crippen LogP contribution in [0.5, 0.6) is 0 Å². The Bertz CT molecular complexity index is 190. The van der Waals surface area contributed by atoms with Crippen molar-refractivity contribution < 1.29 is 5.11 Å². The first kappa shape index (κ1) is 13.4. The lowest BCUT2D eigenvalue weighted by Crippen LogP contribution is -2.17. The maximum absolute atomic E-state index is 10.1. The molecule has 2 aliphatic carbocycles. The predicted molar refractivity (Wildman–Crippen MR) is 73.0 cm³/mol. The highest BCUT2D eigenvalue weighted by Crippen LogP contribution is 2.31. The Kier molecular flexibility index (Phi) is 5.84. The molecule has 17 heavy (non-hydrogen) atoms. The Labute approximate surface area is 107 Å². The average molecular weight is 238 g/mol. The van der Waals surface area contributed by atoms with Crippen molar-refractivity contribution in [3.8, 4) is 0 Å². The van der Waals surface area contributed by atoms with Crippen molar-refractivity contribution in [1.29, 1.82) is 0 Å². The maximum atomic E-state index is 10.1. The SMILES string of the molecule is OC(CCC1CCCCC1)CC1CCCCC1. The topological polar surface area (TPSA) is 20.2 Å². The zero-order valence-electron chi connectivity index (χ0n) is 11.4. The average Bonchev–Trinajstić information content (AvgIpc) is 2.39. The van der Waals surface area contributed by atoms with Gasteiger partial charge in [-0.1, -0.05) is 64.2 Å². The Hall–Kier alpha value is -0.0400. The van der Waals surface area contributed by atoms with Gasteiger partial charge in [-0.05, 0) is 31.1 Å². The molecule has 0 spiro atoms. The molecule has 1 unspecified atom stereocenters.